The predicted molar refractivity (Wildman–Crippen MR) is 117 cm³/mol. The van der Waals surface area contributed by atoms with Crippen molar-refractivity contribution in [2.45, 2.75) is 59.3 Å². The summed E-state index contributed by atoms with van der Waals surface area (Å²) in [6.45, 7) is 8.79. The zero-order chi connectivity index (χ0) is 21.7. The number of rotatable bonds is 7. The molecule has 0 saturated heterocycles. The molecular formula is C24H30N2O4. The van der Waals surface area contributed by atoms with Gasteiger partial charge in [-0.3, -0.25) is 9.59 Å². The molecule has 2 amide bonds. The largest absolute Gasteiger partial charge is 0.491 e. The number of aryl methyl sites for hydroxylation is 1. The molecule has 1 atom stereocenters. The van der Waals surface area contributed by atoms with Crippen LogP contribution < -0.4 is 19.7 Å². The second-order valence-corrected chi connectivity index (χ2v) is 7.99. The van der Waals surface area contributed by atoms with Crippen LogP contribution in [0.4, 0.5) is 5.69 Å². The first-order chi connectivity index (χ1) is 14.3. The third kappa shape index (κ3) is 5.75. The van der Waals surface area contributed by atoms with Gasteiger partial charge in [0.2, 0.25) is 11.8 Å². The molecule has 0 bridgehead atoms. The Kier molecular flexibility index (Phi) is 6.98. The van der Waals surface area contributed by atoms with Gasteiger partial charge in [-0.25, -0.2) is 0 Å². The van der Waals surface area contributed by atoms with Crippen molar-refractivity contribution in [3.63, 3.8) is 0 Å². The number of carbonyl (C=O) groups is 2. The van der Waals surface area contributed by atoms with E-state index in [0.717, 1.165) is 22.6 Å². The Bertz CT molecular complexity index is 893. The van der Waals surface area contributed by atoms with Crippen molar-refractivity contribution < 1.29 is 19.1 Å². The second-order valence-electron chi connectivity index (χ2n) is 7.99. The zero-order valence-corrected chi connectivity index (χ0v) is 18.1. The molecule has 6 nitrogen and oxygen atoms in total. The van der Waals surface area contributed by atoms with Crippen molar-refractivity contribution >= 4 is 17.5 Å². The normalized spacial score (nSPS) is 15.4. The molecular weight excluding hydrogens is 380 g/mol. The lowest BCUT2D eigenvalue weighted by molar-refractivity contribution is -0.125. The van der Waals surface area contributed by atoms with Crippen LogP contribution in [0.25, 0.3) is 0 Å². The number of hydrogen-bond acceptors (Lipinski definition) is 4. The van der Waals surface area contributed by atoms with E-state index < -0.39 is 0 Å². The van der Waals surface area contributed by atoms with Crippen molar-refractivity contribution in [1.29, 1.82) is 0 Å². The van der Waals surface area contributed by atoms with Gasteiger partial charge in [0, 0.05) is 19.4 Å². The number of hydrogen-bond donors (Lipinski definition) is 1. The molecule has 0 spiro atoms. The van der Waals surface area contributed by atoms with Gasteiger partial charge in [0.1, 0.15) is 17.6 Å². The quantitative estimate of drug-likeness (QED) is 0.749. The van der Waals surface area contributed by atoms with Gasteiger partial charge < -0.3 is 19.7 Å². The van der Waals surface area contributed by atoms with Gasteiger partial charge in [-0.2, -0.15) is 0 Å². The number of carbonyl (C=O) groups excluding carboxylic acids is 2. The maximum atomic E-state index is 12.8. The SMILES string of the molecule is Cc1ccc2c(c1)N(C(=O)CCC(=O)NCc1ccc(OC(C)C)cc1)C[C@@H](C)O2. The van der Waals surface area contributed by atoms with Crippen LogP contribution in [0.5, 0.6) is 11.5 Å². The Hall–Kier alpha value is -3.02. The lowest BCUT2D eigenvalue weighted by Crippen LogP contribution is -2.42. The number of anilines is 1. The highest BCUT2D eigenvalue weighted by molar-refractivity contribution is 5.97. The van der Waals surface area contributed by atoms with Crippen LogP contribution in [0.1, 0.15) is 44.7 Å². The van der Waals surface area contributed by atoms with E-state index in [1.807, 2.05) is 70.2 Å². The van der Waals surface area contributed by atoms with Crippen LogP contribution in [0.3, 0.4) is 0 Å². The number of nitrogens with zero attached hydrogens (tertiary/aromatic N) is 1. The summed E-state index contributed by atoms with van der Waals surface area (Å²) < 4.78 is 11.4. The Morgan fingerprint density at radius 3 is 2.60 bits per heavy atom. The molecule has 0 saturated carbocycles. The Morgan fingerprint density at radius 2 is 1.90 bits per heavy atom. The molecule has 3 rings (SSSR count). The zero-order valence-electron chi connectivity index (χ0n) is 18.1. The number of amides is 2. The van der Waals surface area contributed by atoms with Gasteiger partial charge in [0.05, 0.1) is 18.3 Å². The van der Waals surface area contributed by atoms with E-state index in [2.05, 4.69) is 5.32 Å². The Balaban J connectivity index is 1.50. The van der Waals surface area contributed by atoms with Crippen molar-refractivity contribution in [3.05, 3.63) is 53.6 Å². The molecule has 1 aliphatic heterocycles. The predicted octanol–water partition coefficient (Wildman–Crippen LogP) is 3.99. The summed E-state index contributed by atoms with van der Waals surface area (Å²) in [5.41, 5.74) is 2.83. The summed E-state index contributed by atoms with van der Waals surface area (Å²) in [5.74, 6) is 1.31. The summed E-state index contributed by atoms with van der Waals surface area (Å²) in [7, 11) is 0. The second kappa shape index (κ2) is 9.65. The molecule has 160 valence electrons. The van der Waals surface area contributed by atoms with Gasteiger partial charge in [-0.15, -0.1) is 0 Å². The van der Waals surface area contributed by atoms with Crippen LogP contribution in [-0.4, -0.2) is 30.6 Å². The van der Waals surface area contributed by atoms with Gasteiger partial charge in [0.15, 0.2) is 0 Å². The fourth-order valence-corrected chi connectivity index (χ4v) is 3.39. The third-order valence-electron chi connectivity index (χ3n) is 4.82. The molecule has 0 aromatic heterocycles. The van der Waals surface area contributed by atoms with Crippen LogP contribution in [-0.2, 0) is 16.1 Å². The summed E-state index contributed by atoms with van der Waals surface area (Å²) in [5, 5.41) is 2.88. The van der Waals surface area contributed by atoms with Crippen LogP contribution >= 0.6 is 0 Å². The average Bonchev–Trinajstić information content (AvgIpc) is 2.70. The minimum atomic E-state index is -0.142. The van der Waals surface area contributed by atoms with Crippen LogP contribution in [0.15, 0.2) is 42.5 Å². The maximum Gasteiger partial charge on any atom is 0.227 e. The standard InChI is InChI=1S/C24H30N2O4/c1-16(2)29-20-8-6-19(7-9-20)14-25-23(27)11-12-24(28)26-15-18(4)30-22-10-5-17(3)13-21(22)26/h5-10,13,16,18H,11-12,14-15H2,1-4H3,(H,25,27)/t18-/m1/s1. The molecule has 0 unspecified atom stereocenters. The summed E-state index contributed by atoms with van der Waals surface area (Å²) in [6, 6.07) is 13.5. The summed E-state index contributed by atoms with van der Waals surface area (Å²) >= 11 is 0. The van der Waals surface area contributed by atoms with E-state index >= 15 is 0 Å². The molecule has 0 fully saturated rings. The van der Waals surface area contributed by atoms with Crippen molar-refractivity contribution in [1.82, 2.24) is 5.32 Å². The minimum absolute atomic E-state index is 0.0673. The topological polar surface area (TPSA) is 67.9 Å². The van der Waals surface area contributed by atoms with Gasteiger partial charge in [-0.1, -0.05) is 18.2 Å². The number of benzene rings is 2. The highest BCUT2D eigenvalue weighted by Gasteiger charge is 2.27. The first kappa shape index (κ1) is 21.7. The lowest BCUT2D eigenvalue weighted by atomic mass is 10.1. The number of ether oxygens (including phenoxy) is 2. The van der Waals surface area contributed by atoms with Crippen molar-refractivity contribution in [2.24, 2.45) is 0 Å². The van der Waals surface area contributed by atoms with E-state index in [9.17, 15) is 9.59 Å². The first-order valence-corrected chi connectivity index (χ1v) is 10.4. The third-order valence-corrected chi connectivity index (χ3v) is 4.82. The summed E-state index contributed by atoms with van der Waals surface area (Å²) in [6.07, 6.45) is 0.354. The maximum absolute atomic E-state index is 12.8. The van der Waals surface area contributed by atoms with Crippen LogP contribution in [0, 0.1) is 6.92 Å². The van der Waals surface area contributed by atoms with E-state index in [0.29, 0.717) is 18.8 Å². The van der Waals surface area contributed by atoms with E-state index in [4.69, 9.17) is 9.47 Å². The lowest BCUT2D eigenvalue weighted by Gasteiger charge is -2.33. The molecule has 1 heterocycles. The first-order valence-electron chi connectivity index (χ1n) is 10.4. The molecule has 0 radical (unpaired) electrons. The van der Waals surface area contributed by atoms with E-state index in [1.54, 1.807) is 4.90 Å². The molecule has 6 heteroatoms. The minimum Gasteiger partial charge on any atom is -0.491 e. The molecule has 2 aromatic carbocycles. The van der Waals surface area contributed by atoms with E-state index in [1.165, 1.54) is 0 Å². The van der Waals surface area contributed by atoms with Gasteiger partial charge in [-0.05, 0) is 63.1 Å². The number of nitrogens with one attached hydrogen (secondary N) is 1. The fourth-order valence-electron chi connectivity index (χ4n) is 3.39. The van der Waals surface area contributed by atoms with Crippen molar-refractivity contribution in [3.8, 4) is 11.5 Å². The van der Waals surface area contributed by atoms with Crippen molar-refractivity contribution in [2.75, 3.05) is 11.4 Å². The Morgan fingerprint density at radius 1 is 1.17 bits per heavy atom. The van der Waals surface area contributed by atoms with Gasteiger partial charge >= 0.3 is 0 Å². The molecule has 1 aliphatic rings. The average molecular weight is 411 g/mol. The molecule has 30 heavy (non-hydrogen) atoms. The van der Waals surface area contributed by atoms with Crippen LogP contribution in [0.2, 0.25) is 0 Å². The van der Waals surface area contributed by atoms with E-state index in [-0.39, 0.29) is 36.9 Å². The summed E-state index contributed by atoms with van der Waals surface area (Å²) in [4.78, 5) is 26.8. The smallest absolute Gasteiger partial charge is 0.227 e. The fraction of sp³-hybridized carbons (Fsp3) is 0.417. The highest BCUT2D eigenvalue weighted by Crippen LogP contribution is 2.34. The van der Waals surface area contributed by atoms with Gasteiger partial charge in [0.25, 0.3) is 0 Å². The molecule has 2 aromatic rings. The molecule has 1 N–H and O–H groups in total. The number of fused-ring (bicyclic) bond motifs is 1. The molecule has 0 aliphatic carbocycles. The monoisotopic (exact) mass is 410 g/mol. The Labute approximate surface area is 178 Å². The highest BCUT2D eigenvalue weighted by atomic mass is 16.5.